The number of amides is 1. The lowest BCUT2D eigenvalue weighted by molar-refractivity contribution is -0.229. The maximum absolute atomic E-state index is 12.6. The van der Waals surface area contributed by atoms with Crippen molar-refractivity contribution >= 4 is 23.7 Å². The third-order valence-corrected chi connectivity index (χ3v) is 7.96. The summed E-state index contributed by atoms with van der Waals surface area (Å²) in [6, 6.07) is 5.41. The minimum atomic E-state index is -0.918. The number of unbranched alkanes of at least 4 members (excludes halogenated alkanes) is 2. The van der Waals surface area contributed by atoms with Crippen LogP contribution in [0.1, 0.15) is 97.0 Å². The number of carbonyl (C=O) groups is 3. The van der Waals surface area contributed by atoms with Crippen molar-refractivity contribution in [3.8, 4) is 11.5 Å². The molecule has 0 fully saturated rings. The highest BCUT2D eigenvalue weighted by atomic mass is 16.7. The number of allylic oxidation sites excluding steroid dienone is 6. The summed E-state index contributed by atoms with van der Waals surface area (Å²) >= 11 is 0. The van der Waals surface area contributed by atoms with Gasteiger partial charge in [-0.3, -0.25) is 19.2 Å². The summed E-state index contributed by atoms with van der Waals surface area (Å²) in [5.41, 5.74) is 2.84. The third-order valence-electron chi connectivity index (χ3n) is 7.96. The Morgan fingerprint density at radius 3 is 2.41 bits per heavy atom. The van der Waals surface area contributed by atoms with E-state index in [1.54, 1.807) is 18.2 Å². The molecule has 2 aliphatic rings. The smallest absolute Gasteiger partial charge is 0.303 e. The van der Waals surface area contributed by atoms with E-state index in [9.17, 15) is 24.3 Å². The molecular formula is C39H53N3O9. The summed E-state index contributed by atoms with van der Waals surface area (Å²) in [5, 5.41) is 16.9. The van der Waals surface area contributed by atoms with Crippen molar-refractivity contribution in [3.05, 3.63) is 71.0 Å². The number of hydroxylamine groups is 1. The Kier molecular flexibility index (Phi) is 17.2. The molecule has 0 atom stereocenters. The molecule has 0 bridgehead atoms. The first-order valence-corrected chi connectivity index (χ1v) is 17.9. The molecule has 278 valence electrons. The topological polar surface area (TPSA) is 153 Å². The number of carboxylic acids is 1. The molecule has 0 heterocycles. The molecule has 0 unspecified atom stereocenters. The SMILES string of the molecule is C=CCC1=CC(=O)C2=CCCCC2=C1OCCCCCOc1cccc(OCCCC(=O)NCCCN(N=C=O)OC(C)(C)C)c1CCC(=O)O. The molecule has 0 saturated heterocycles. The second-order valence-corrected chi connectivity index (χ2v) is 13.4. The third kappa shape index (κ3) is 14.6. The lowest BCUT2D eigenvalue weighted by atomic mass is 9.83. The van der Waals surface area contributed by atoms with E-state index in [2.05, 4.69) is 17.0 Å². The van der Waals surface area contributed by atoms with Crippen molar-refractivity contribution in [1.82, 2.24) is 10.5 Å². The lowest BCUT2D eigenvalue weighted by Crippen LogP contribution is -2.33. The van der Waals surface area contributed by atoms with Crippen LogP contribution in [0.3, 0.4) is 0 Å². The summed E-state index contributed by atoms with van der Waals surface area (Å²) in [6.07, 6.45) is 14.2. The number of hydrogen-bond acceptors (Lipinski definition) is 10. The van der Waals surface area contributed by atoms with Gasteiger partial charge < -0.3 is 24.6 Å². The Labute approximate surface area is 301 Å². The molecule has 1 amide bonds. The number of fused-ring (bicyclic) bond motifs is 1. The molecule has 0 aromatic heterocycles. The maximum Gasteiger partial charge on any atom is 0.303 e. The number of aliphatic carboxylic acids is 1. The van der Waals surface area contributed by atoms with Crippen molar-refractivity contribution in [2.24, 2.45) is 5.10 Å². The van der Waals surface area contributed by atoms with E-state index in [0.717, 1.165) is 61.0 Å². The number of ether oxygens (including phenoxy) is 3. The van der Waals surface area contributed by atoms with Gasteiger partial charge >= 0.3 is 5.97 Å². The van der Waals surface area contributed by atoms with E-state index in [4.69, 9.17) is 19.0 Å². The van der Waals surface area contributed by atoms with Crippen LogP contribution >= 0.6 is 0 Å². The fourth-order valence-electron chi connectivity index (χ4n) is 5.71. The van der Waals surface area contributed by atoms with Gasteiger partial charge in [0, 0.05) is 41.7 Å². The first-order valence-electron chi connectivity index (χ1n) is 17.9. The molecular weight excluding hydrogens is 654 g/mol. The normalized spacial score (nSPS) is 14.1. The fourth-order valence-corrected chi connectivity index (χ4v) is 5.71. The molecule has 0 radical (unpaired) electrons. The maximum atomic E-state index is 12.6. The summed E-state index contributed by atoms with van der Waals surface area (Å²) in [5.74, 6) is 0.952. The Hall–Kier alpha value is -4.67. The monoisotopic (exact) mass is 707 g/mol. The standard InChI is InChI=1S/C39H53N3O9/c1-5-14-29-27-33(44)30-15-7-8-16-31(30)38(29)50-25-10-6-9-24-48-34-17-11-18-35(32(34)20-21-37(46)47)49-26-12-19-36(45)40-22-13-23-42(41-28-43)51-39(2,3)4/h5,11,15,17-18,27H,1,6-10,12-14,16,19-26H2,2-4H3,(H,40,45)(H,46,47). The van der Waals surface area contributed by atoms with Gasteiger partial charge in [-0.15, -0.1) is 6.58 Å². The van der Waals surface area contributed by atoms with Gasteiger partial charge in [0.05, 0.1) is 32.0 Å². The van der Waals surface area contributed by atoms with Crippen LogP contribution in [-0.4, -0.2) is 72.5 Å². The van der Waals surface area contributed by atoms with Crippen molar-refractivity contribution in [1.29, 1.82) is 0 Å². The largest absolute Gasteiger partial charge is 0.493 e. The lowest BCUT2D eigenvalue weighted by Gasteiger charge is -2.26. The predicted octanol–water partition coefficient (Wildman–Crippen LogP) is 6.67. The second kappa shape index (κ2) is 21.5. The average Bonchev–Trinajstić information content (AvgIpc) is 3.08. The Morgan fingerprint density at radius 1 is 1.04 bits per heavy atom. The van der Waals surface area contributed by atoms with Crippen LogP contribution in [0, 0.1) is 0 Å². The molecule has 1 aromatic carbocycles. The van der Waals surface area contributed by atoms with E-state index in [1.165, 1.54) is 11.3 Å². The number of rotatable bonds is 24. The quantitative estimate of drug-likeness (QED) is 0.0392. The van der Waals surface area contributed by atoms with Gasteiger partial charge in [0.25, 0.3) is 6.08 Å². The average molecular weight is 708 g/mol. The molecule has 51 heavy (non-hydrogen) atoms. The van der Waals surface area contributed by atoms with E-state index in [-0.39, 0.29) is 37.6 Å². The number of nitrogens with one attached hydrogen (secondary N) is 1. The Balaban J connectivity index is 1.42. The van der Waals surface area contributed by atoms with E-state index in [1.807, 2.05) is 39.0 Å². The molecule has 3 rings (SSSR count). The number of hydrazone groups is 1. The number of isocyanates is 1. The number of carboxylic acid groups (broad SMARTS) is 1. The van der Waals surface area contributed by atoms with E-state index >= 15 is 0 Å². The number of hydrogen-bond donors (Lipinski definition) is 2. The highest BCUT2D eigenvalue weighted by Crippen LogP contribution is 2.36. The van der Waals surface area contributed by atoms with Gasteiger partial charge in [0.1, 0.15) is 17.3 Å². The van der Waals surface area contributed by atoms with Gasteiger partial charge in [0.15, 0.2) is 5.78 Å². The first kappa shape index (κ1) is 40.8. The molecule has 12 nitrogen and oxygen atoms in total. The molecule has 2 N–H and O–H groups in total. The highest BCUT2D eigenvalue weighted by Gasteiger charge is 2.27. The fraction of sp³-hybridized carbons (Fsp3) is 0.538. The summed E-state index contributed by atoms with van der Waals surface area (Å²) < 4.78 is 18.3. The number of carbonyl (C=O) groups excluding carboxylic acids is 3. The van der Waals surface area contributed by atoms with Crippen molar-refractivity contribution in [2.45, 2.75) is 103 Å². The van der Waals surface area contributed by atoms with E-state index in [0.29, 0.717) is 62.6 Å². The summed E-state index contributed by atoms with van der Waals surface area (Å²) in [6.45, 7) is 11.3. The summed E-state index contributed by atoms with van der Waals surface area (Å²) in [7, 11) is 0. The predicted molar refractivity (Wildman–Crippen MR) is 193 cm³/mol. The van der Waals surface area contributed by atoms with Gasteiger partial charge in [-0.1, -0.05) is 23.3 Å². The van der Waals surface area contributed by atoms with Crippen molar-refractivity contribution < 1.29 is 43.3 Å². The van der Waals surface area contributed by atoms with Crippen LogP contribution in [0.4, 0.5) is 0 Å². The van der Waals surface area contributed by atoms with Crippen molar-refractivity contribution in [3.63, 3.8) is 0 Å². The molecule has 0 aliphatic heterocycles. The molecule has 0 spiro atoms. The summed E-state index contributed by atoms with van der Waals surface area (Å²) in [4.78, 5) is 52.5. The molecule has 12 heteroatoms. The minimum Gasteiger partial charge on any atom is -0.493 e. The number of benzene rings is 1. The van der Waals surface area contributed by atoms with E-state index < -0.39 is 11.6 Å². The van der Waals surface area contributed by atoms with Crippen LogP contribution in [0.25, 0.3) is 0 Å². The minimum absolute atomic E-state index is 0.0536. The van der Waals surface area contributed by atoms with Gasteiger partial charge in [-0.25, -0.2) is 4.79 Å². The second-order valence-electron chi connectivity index (χ2n) is 13.4. The van der Waals surface area contributed by atoms with Gasteiger partial charge in [-0.05, 0) is 103 Å². The molecule has 2 aliphatic carbocycles. The van der Waals surface area contributed by atoms with Crippen LogP contribution < -0.4 is 14.8 Å². The zero-order valence-corrected chi connectivity index (χ0v) is 30.3. The molecule has 1 aromatic rings. The number of ketones is 1. The highest BCUT2D eigenvalue weighted by molar-refractivity contribution is 6.10. The Bertz CT molecular complexity index is 1500. The van der Waals surface area contributed by atoms with Crippen LogP contribution in [-0.2, 0) is 35.2 Å². The number of nitrogens with zero attached hydrogens (tertiary/aromatic N) is 2. The first-order chi connectivity index (χ1) is 24.5. The van der Waals surface area contributed by atoms with Crippen LogP contribution in [0.2, 0.25) is 0 Å². The van der Waals surface area contributed by atoms with Crippen molar-refractivity contribution in [2.75, 3.05) is 32.9 Å². The Morgan fingerprint density at radius 2 is 1.75 bits per heavy atom. The van der Waals surface area contributed by atoms with Crippen LogP contribution in [0.5, 0.6) is 11.5 Å². The molecule has 0 saturated carbocycles. The zero-order chi connectivity index (χ0) is 37.1. The zero-order valence-electron chi connectivity index (χ0n) is 30.3. The van der Waals surface area contributed by atoms with Gasteiger partial charge in [0.2, 0.25) is 5.91 Å². The van der Waals surface area contributed by atoms with Gasteiger partial charge in [-0.2, -0.15) is 5.17 Å². The van der Waals surface area contributed by atoms with Crippen LogP contribution in [0.15, 0.2) is 70.6 Å².